The van der Waals surface area contributed by atoms with E-state index in [2.05, 4.69) is 0 Å². The van der Waals surface area contributed by atoms with Crippen molar-refractivity contribution in [3.63, 3.8) is 0 Å². The molecule has 0 saturated carbocycles. The van der Waals surface area contributed by atoms with Crippen molar-refractivity contribution in [2.75, 3.05) is 0 Å². The minimum Gasteiger partial charge on any atom is -0.324 e. The Balaban J connectivity index is 6.82. The third-order valence-electron chi connectivity index (χ3n) is 3.16. The smallest absolute Gasteiger partial charge is 0.324 e. The monoisotopic (exact) mass is 392 g/mol. The van der Waals surface area contributed by atoms with Crippen molar-refractivity contribution in [1.82, 2.24) is 0 Å². The van der Waals surface area contributed by atoms with E-state index in [0.717, 1.165) is 0 Å². The summed E-state index contributed by atoms with van der Waals surface area (Å²) in [6.45, 7) is 15.2. The molecule has 0 aliphatic rings. The molecule has 0 aliphatic heterocycles. The van der Waals surface area contributed by atoms with Crippen LogP contribution in [-0.4, -0.2) is 46.4 Å². The fraction of sp³-hybridized carbons (Fsp3) is 1.00. The Labute approximate surface area is 131 Å². The zero-order chi connectivity index (χ0) is 17.7. The van der Waals surface area contributed by atoms with E-state index in [0.29, 0.717) is 0 Å². The molecule has 6 nitrogen and oxygen atoms in total. The first-order valence-electron chi connectivity index (χ1n) is 6.71. The van der Waals surface area contributed by atoms with E-state index < -0.39 is 45.9 Å². The predicted octanol–water partition coefficient (Wildman–Crippen LogP) is 2.80. The lowest BCUT2D eigenvalue weighted by atomic mass is 11.7. The lowest BCUT2D eigenvalue weighted by molar-refractivity contribution is 0.366. The van der Waals surface area contributed by atoms with Crippen LogP contribution in [0.15, 0.2) is 0 Å². The summed E-state index contributed by atoms with van der Waals surface area (Å²) in [5.41, 5.74) is 0. The molecule has 0 aliphatic carbocycles. The average Bonchev–Trinajstić information content (AvgIpc) is 1.84. The van der Waals surface area contributed by atoms with Crippen molar-refractivity contribution in [1.29, 1.82) is 0 Å². The van der Waals surface area contributed by atoms with Gasteiger partial charge in [0, 0.05) is 0 Å². The lowest BCUT2D eigenvalue weighted by Crippen LogP contribution is -2.71. The number of hydrogen-bond acceptors (Lipinski definition) is 4. The van der Waals surface area contributed by atoms with Gasteiger partial charge in [-0.05, 0) is 19.6 Å². The third-order valence-corrected chi connectivity index (χ3v) is 28.5. The second-order valence-electron chi connectivity index (χ2n) is 8.34. The Morgan fingerprint density at radius 3 is 1.29 bits per heavy atom. The summed E-state index contributed by atoms with van der Waals surface area (Å²) < 4.78 is 41.7. The molecule has 0 amide bonds. The van der Waals surface area contributed by atoms with Gasteiger partial charge in [-0.2, -0.15) is 8.42 Å². The molecule has 0 unspecified atom stereocenters. The maximum Gasteiger partial charge on any atom is 0.343 e. The van der Waals surface area contributed by atoms with Crippen LogP contribution in [0.1, 0.15) is 0 Å². The van der Waals surface area contributed by atoms with Gasteiger partial charge < -0.3 is 13.7 Å². The molecule has 0 spiro atoms. The van der Waals surface area contributed by atoms with Gasteiger partial charge in [-0.15, -0.1) is 0 Å². The zero-order valence-electron chi connectivity index (χ0n) is 14.4. The van der Waals surface area contributed by atoms with Crippen molar-refractivity contribution < 1.29 is 26.6 Å². The molecule has 128 valence electrons. The molecule has 0 saturated heterocycles. The highest BCUT2D eigenvalue weighted by molar-refractivity contribution is 8.02. The minimum atomic E-state index is -4.92. The molecule has 0 aromatic heterocycles. The zero-order valence-corrected chi connectivity index (χ0v) is 19.1. The molecule has 0 aromatic carbocycles. The highest BCUT2D eigenvalue weighted by Gasteiger charge is 2.72. The topological polar surface area (TPSA) is 101 Å². The molecule has 0 bridgehead atoms. The van der Waals surface area contributed by atoms with E-state index in [1.54, 1.807) is 58.9 Å². The fourth-order valence-corrected chi connectivity index (χ4v) is 30.6. The van der Waals surface area contributed by atoms with E-state index in [1.165, 1.54) is 0 Å². The van der Waals surface area contributed by atoms with Gasteiger partial charge in [0.1, 0.15) is 0 Å². The van der Waals surface area contributed by atoms with E-state index in [-0.39, 0.29) is 0 Å². The van der Waals surface area contributed by atoms with Gasteiger partial charge >= 0.3 is 7.60 Å². The SMILES string of the molecule is C[Si](C)(C)OS(=O)(=O)C([Si](C)(C)C)([Si](C)(C)C)P(=O)(O)O. The van der Waals surface area contributed by atoms with Crippen LogP contribution >= 0.6 is 7.60 Å². The van der Waals surface area contributed by atoms with Crippen molar-refractivity contribution in [2.45, 2.75) is 62.7 Å². The maximum absolute atomic E-state index is 13.0. The van der Waals surface area contributed by atoms with Crippen LogP contribution in [0.3, 0.4) is 0 Å². The highest BCUT2D eigenvalue weighted by Crippen LogP contribution is 2.63. The first-order chi connectivity index (χ1) is 8.71. The fourth-order valence-electron chi connectivity index (χ4n) is 3.28. The van der Waals surface area contributed by atoms with Crippen LogP contribution < -0.4 is 0 Å². The number of rotatable bonds is 6. The van der Waals surface area contributed by atoms with Crippen LogP contribution in [0.5, 0.6) is 0 Å². The molecule has 11 heteroatoms. The summed E-state index contributed by atoms with van der Waals surface area (Å²) in [6.07, 6.45) is 0. The van der Waals surface area contributed by atoms with Gasteiger partial charge in [0.25, 0.3) is 10.1 Å². The summed E-state index contributed by atoms with van der Waals surface area (Å²) in [7, 11) is -17.5. The highest BCUT2D eigenvalue weighted by atomic mass is 32.2. The molecule has 2 N–H and O–H groups in total. The molecule has 0 fully saturated rings. The molecule has 0 heterocycles. The molecular formula is C10H29O6PSSi3. The summed E-state index contributed by atoms with van der Waals surface area (Å²) >= 11 is 0. The summed E-state index contributed by atoms with van der Waals surface area (Å²) in [5, 5.41) is 0. The van der Waals surface area contributed by atoms with E-state index in [1.807, 2.05) is 0 Å². The van der Waals surface area contributed by atoms with Crippen LogP contribution in [0, 0.1) is 0 Å². The summed E-state index contributed by atoms with van der Waals surface area (Å²) in [4.78, 5) is 20.1. The molecule has 0 aromatic rings. The Morgan fingerprint density at radius 2 is 1.14 bits per heavy atom. The van der Waals surface area contributed by atoms with E-state index >= 15 is 0 Å². The van der Waals surface area contributed by atoms with Crippen LogP contribution in [-0.2, 0) is 18.6 Å². The van der Waals surface area contributed by atoms with Crippen LogP contribution in [0.2, 0.25) is 58.9 Å². The Hall–Kier alpha value is 0.711. The number of hydrogen-bond donors (Lipinski definition) is 2. The predicted molar refractivity (Wildman–Crippen MR) is 94.8 cm³/mol. The van der Waals surface area contributed by atoms with Crippen LogP contribution in [0.4, 0.5) is 0 Å². The van der Waals surface area contributed by atoms with Gasteiger partial charge in [-0.1, -0.05) is 39.3 Å². The third kappa shape index (κ3) is 3.97. The van der Waals surface area contributed by atoms with Gasteiger partial charge in [-0.3, -0.25) is 4.57 Å². The normalized spacial score (nSPS) is 16.1. The second-order valence-corrected chi connectivity index (χ2v) is 29.4. The summed E-state index contributed by atoms with van der Waals surface area (Å²) in [6, 6.07) is 0. The first-order valence-corrected chi connectivity index (χ1v) is 20.1. The average molecular weight is 393 g/mol. The maximum atomic E-state index is 13.0. The first kappa shape index (κ1) is 21.7. The van der Waals surface area contributed by atoms with Gasteiger partial charge in [-0.25, -0.2) is 0 Å². The molecular weight excluding hydrogens is 363 g/mol. The second kappa shape index (κ2) is 5.66. The van der Waals surface area contributed by atoms with Crippen molar-refractivity contribution in [2.24, 2.45) is 0 Å². The van der Waals surface area contributed by atoms with E-state index in [4.69, 9.17) is 3.87 Å². The van der Waals surface area contributed by atoms with Gasteiger partial charge in [0.15, 0.2) is 3.73 Å². The summed E-state index contributed by atoms with van der Waals surface area (Å²) in [5.74, 6) is 0. The van der Waals surface area contributed by atoms with Crippen molar-refractivity contribution in [3.05, 3.63) is 0 Å². The van der Waals surface area contributed by atoms with Crippen LogP contribution in [0.25, 0.3) is 0 Å². The van der Waals surface area contributed by atoms with Gasteiger partial charge in [0.05, 0.1) is 16.1 Å². The van der Waals surface area contributed by atoms with Crippen molar-refractivity contribution in [3.8, 4) is 0 Å². The molecule has 21 heavy (non-hydrogen) atoms. The molecule has 0 rings (SSSR count). The Bertz CT molecular complexity index is 521. The standard InChI is InChI=1S/C10H29O6PSSi3/c1-19(2,3)10(17(11,12)13,20(4,5)6)18(14,15)16-21(7,8)9/h1-9H3,(H2,11,12,13). The lowest BCUT2D eigenvalue weighted by Gasteiger charge is -2.50. The minimum absolute atomic E-state index is 1.69. The Kier molecular flexibility index (Phi) is 5.85. The van der Waals surface area contributed by atoms with Crippen molar-refractivity contribution >= 4 is 42.2 Å². The molecule has 0 atom stereocenters. The molecule has 0 radical (unpaired) electrons. The van der Waals surface area contributed by atoms with Gasteiger partial charge in [0.2, 0.25) is 8.32 Å². The largest absolute Gasteiger partial charge is 0.343 e. The Morgan fingerprint density at radius 1 is 0.857 bits per heavy atom. The quantitative estimate of drug-likeness (QED) is 0.532. The van der Waals surface area contributed by atoms with E-state index in [9.17, 15) is 22.8 Å².